The minimum Gasteiger partial charge on any atom is -0.486 e. The summed E-state index contributed by atoms with van der Waals surface area (Å²) in [5, 5.41) is 0. The molecule has 0 N–H and O–H groups in total. The molecule has 1 aliphatic rings. The lowest BCUT2D eigenvalue weighted by Gasteiger charge is -2.30. The third kappa shape index (κ3) is 6.05. The molecule has 0 spiro atoms. The van der Waals surface area contributed by atoms with Crippen LogP contribution in [0, 0.1) is 23.3 Å². The SMILES string of the molecule is C/C=C/COc1ccc(-c2ccc(-c3ccc(C4COC(CCCC)OC4)c(F)c3F)cc2)c(F)c1F. The van der Waals surface area contributed by atoms with Crippen LogP contribution < -0.4 is 4.74 Å². The topological polar surface area (TPSA) is 27.7 Å². The lowest BCUT2D eigenvalue weighted by molar-refractivity contribution is -0.190. The Morgan fingerprint density at radius 1 is 0.811 bits per heavy atom. The summed E-state index contributed by atoms with van der Waals surface area (Å²) in [5.74, 6) is -4.61. The van der Waals surface area contributed by atoms with Gasteiger partial charge in [-0.2, -0.15) is 4.39 Å². The van der Waals surface area contributed by atoms with Crippen molar-refractivity contribution in [2.75, 3.05) is 19.8 Å². The highest BCUT2D eigenvalue weighted by Gasteiger charge is 2.27. The first-order valence-corrected chi connectivity index (χ1v) is 12.5. The average molecular weight is 515 g/mol. The Bertz CT molecular complexity index is 1230. The maximum atomic E-state index is 15.1. The number of ether oxygens (including phenoxy) is 3. The molecule has 1 fully saturated rings. The summed E-state index contributed by atoms with van der Waals surface area (Å²) in [7, 11) is 0. The predicted octanol–water partition coefficient (Wildman–Crippen LogP) is 8.18. The second-order valence-electron chi connectivity index (χ2n) is 8.96. The van der Waals surface area contributed by atoms with Gasteiger partial charge in [0.15, 0.2) is 29.5 Å². The van der Waals surface area contributed by atoms with E-state index < -0.39 is 29.2 Å². The van der Waals surface area contributed by atoms with Crippen molar-refractivity contribution in [2.45, 2.75) is 45.3 Å². The Kier molecular flexibility index (Phi) is 9.00. The van der Waals surface area contributed by atoms with Crippen molar-refractivity contribution in [1.82, 2.24) is 0 Å². The lowest BCUT2D eigenvalue weighted by atomic mass is 9.94. The van der Waals surface area contributed by atoms with Crippen LogP contribution in [0.15, 0.2) is 60.7 Å². The first-order valence-electron chi connectivity index (χ1n) is 12.5. The normalized spacial score (nSPS) is 17.9. The first-order chi connectivity index (χ1) is 17.9. The van der Waals surface area contributed by atoms with Gasteiger partial charge in [-0.15, -0.1) is 0 Å². The molecule has 7 heteroatoms. The van der Waals surface area contributed by atoms with E-state index in [1.54, 1.807) is 37.3 Å². The third-order valence-electron chi connectivity index (χ3n) is 6.44. The molecule has 3 aromatic rings. The molecular weight excluding hydrogens is 484 g/mol. The van der Waals surface area contributed by atoms with Crippen LogP contribution in [0.25, 0.3) is 22.3 Å². The monoisotopic (exact) mass is 514 g/mol. The molecule has 1 aliphatic heterocycles. The molecule has 0 saturated carbocycles. The Morgan fingerprint density at radius 3 is 2.00 bits per heavy atom. The fourth-order valence-electron chi connectivity index (χ4n) is 4.29. The zero-order valence-corrected chi connectivity index (χ0v) is 20.9. The van der Waals surface area contributed by atoms with Gasteiger partial charge in [-0.1, -0.05) is 61.9 Å². The highest BCUT2D eigenvalue weighted by molar-refractivity contribution is 5.72. The molecule has 0 unspecified atom stereocenters. The van der Waals surface area contributed by atoms with Gasteiger partial charge in [-0.05, 0) is 48.6 Å². The van der Waals surface area contributed by atoms with E-state index in [0.29, 0.717) is 11.1 Å². The molecule has 37 heavy (non-hydrogen) atoms. The summed E-state index contributed by atoms with van der Waals surface area (Å²) in [4.78, 5) is 0. The largest absolute Gasteiger partial charge is 0.486 e. The number of benzene rings is 3. The van der Waals surface area contributed by atoms with Gasteiger partial charge in [-0.3, -0.25) is 0 Å². The van der Waals surface area contributed by atoms with Crippen molar-refractivity contribution in [1.29, 1.82) is 0 Å². The van der Waals surface area contributed by atoms with E-state index in [0.717, 1.165) is 19.3 Å². The standard InChI is InChI=1S/C30H30F4O3/c1-3-5-7-26-36-17-21(18-37-26)24-13-12-22(27(31)28(24)32)19-8-10-20(11-9-19)23-14-15-25(30(34)29(23)33)35-16-6-4-2/h4,6,8-15,21,26H,3,5,7,16-18H2,1-2H3/b6-4+. The van der Waals surface area contributed by atoms with E-state index in [2.05, 4.69) is 6.92 Å². The second-order valence-corrected chi connectivity index (χ2v) is 8.96. The van der Waals surface area contributed by atoms with Crippen molar-refractivity contribution in [3.63, 3.8) is 0 Å². The Labute approximate surface area is 214 Å². The molecule has 1 saturated heterocycles. The van der Waals surface area contributed by atoms with E-state index in [9.17, 15) is 8.78 Å². The van der Waals surface area contributed by atoms with E-state index >= 15 is 8.78 Å². The molecular formula is C30H30F4O3. The van der Waals surface area contributed by atoms with Crippen LogP contribution >= 0.6 is 0 Å². The molecule has 0 aliphatic carbocycles. The van der Waals surface area contributed by atoms with Gasteiger partial charge >= 0.3 is 0 Å². The van der Waals surface area contributed by atoms with Gasteiger partial charge in [0.1, 0.15) is 6.61 Å². The number of hydrogen-bond acceptors (Lipinski definition) is 3. The summed E-state index contributed by atoms with van der Waals surface area (Å²) >= 11 is 0. The van der Waals surface area contributed by atoms with Gasteiger partial charge in [0.25, 0.3) is 0 Å². The van der Waals surface area contributed by atoms with Crippen LogP contribution in [-0.2, 0) is 9.47 Å². The summed E-state index contributed by atoms with van der Waals surface area (Å²) in [6.45, 7) is 4.53. The quantitative estimate of drug-likeness (QED) is 0.213. The van der Waals surface area contributed by atoms with Crippen molar-refractivity contribution < 1.29 is 31.8 Å². The molecule has 3 nitrogen and oxygen atoms in total. The van der Waals surface area contributed by atoms with Crippen LogP contribution in [-0.4, -0.2) is 26.1 Å². The zero-order valence-electron chi connectivity index (χ0n) is 20.9. The highest BCUT2D eigenvalue weighted by Crippen LogP contribution is 2.34. The maximum Gasteiger partial charge on any atom is 0.201 e. The molecule has 1 heterocycles. The van der Waals surface area contributed by atoms with Gasteiger partial charge in [0.05, 0.1) is 13.2 Å². The van der Waals surface area contributed by atoms with Crippen molar-refractivity contribution in [3.05, 3.63) is 89.5 Å². The van der Waals surface area contributed by atoms with Crippen molar-refractivity contribution in [3.8, 4) is 28.0 Å². The van der Waals surface area contributed by atoms with Gasteiger partial charge in [0, 0.05) is 17.0 Å². The zero-order chi connectivity index (χ0) is 26.4. The van der Waals surface area contributed by atoms with Crippen LogP contribution in [0.1, 0.15) is 44.6 Å². The van der Waals surface area contributed by atoms with Gasteiger partial charge < -0.3 is 14.2 Å². The van der Waals surface area contributed by atoms with Crippen LogP contribution in [0.4, 0.5) is 17.6 Å². The van der Waals surface area contributed by atoms with Crippen LogP contribution in [0.3, 0.4) is 0 Å². The molecule has 3 aromatic carbocycles. The molecule has 196 valence electrons. The van der Waals surface area contributed by atoms with E-state index in [-0.39, 0.29) is 48.6 Å². The minimum atomic E-state index is -1.08. The molecule has 4 rings (SSSR count). The number of hydrogen-bond donors (Lipinski definition) is 0. The summed E-state index contributed by atoms with van der Waals surface area (Å²) in [6, 6.07) is 12.0. The highest BCUT2D eigenvalue weighted by atomic mass is 19.2. The second kappa shape index (κ2) is 12.4. The molecule has 0 radical (unpaired) electrons. The predicted molar refractivity (Wildman–Crippen MR) is 135 cm³/mol. The van der Waals surface area contributed by atoms with E-state index in [1.807, 2.05) is 0 Å². The summed E-state index contributed by atoms with van der Waals surface area (Å²) in [5.41, 5.74) is 1.13. The smallest absolute Gasteiger partial charge is 0.201 e. The fraction of sp³-hybridized carbons (Fsp3) is 0.333. The Morgan fingerprint density at radius 2 is 1.41 bits per heavy atom. The minimum absolute atomic E-state index is 0.0407. The Hall–Kier alpha value is -3.16. The first kappa shape index (κ1) is 26.9. The molecule has 0 atom stereocenters. The molecule has 0 amide bonds. The Balaban J connectivity index is 1.50. The van der Waals surface area contributed by atoms with Crippen LogP contribution in [0.5, 0.6) is 5.75 Å². The van der Waals surface area contributed by atoms with E-state index in [1.165, 1.54) is 30.3 Å². The van der Waals surface area contributed by atoms with Crippen LogP contribution in [0.2, 0.25) is 0 Å². The number of halogens is 4. The average Bonchev–Trinajstić information content (AvgIpc) is 2.92. The summed E-state index contributed by atoms with van der Waals surface area (Å²) in [6.07, 6.45) is 5.90. The number of allylic oxidation sites excluding steroid dienone is 1. The van der Waals surface area contributed by atoms with Crippen molar-refractivity contribution >= 4 is 0 Å². The van der Waals surface area contributed by atoms with E-state index in [4.69, 9.17) is 14.2 Å². The maximum absolute atomic E-state index is 15.1. The molecule has 0 aromatic heterocycles. The molecule has 0 bridgehead atoms. The number of unbranched alkanes of at least 4 members (excludes halogenated alkanes) is 1. The van der Waals surface area contributed by atoms with Crippen molar-refractivity contribution in [2.24, 2.45) is 0 Å². The summed E-state index contributed by atoms with van der Waals surface area (Å²) < 4.78 is 75.8. The van der Waals surface area contributed by atoms with Gasteiger partial charge in [-0.25, -0.2) is 13.2 Å². The third-order valence-corrected chi connectivity index (χ3v) is 6.44. The lowest BCUT2D eigenvalue weighted by Crippen LogP contribution is -2.31. The fourth-order valence-corrected chi connectivity index (χ4v) is 4.29. The van der Waals surface area contributed by atoms with Gasteiger partial charge in [0.2, 0.25) is 5.82 Å². The number of rotatable bonds is 9.